The first-order chi connectivity index (χ1) is 7.81. The quantitative estimate of drug-likeness (QED) is 0.753. The highest BCUT2D eigenvalue weighted by Gasteiger charge is 2.40. The number of nitrogens with zero attached hydrogens (tertiary/aromatic N) is 3. The van der Waals surface area contributed by atoms with E-state index in [0.717, 1.165) is 0 Å². The zero-order valence-corrected chi connectivity index (χ0v) is 10.4. The van der Waals surface area contributed by atoms with Crippen molar-refractivity contribution in [2.75, 3.05) is 13.6 Å². The molecule has 94 valence electrons. The Labute approximate surface area is 99.7 Å². The van der Waals surface area contributed by atoms with E-state index in [0.29, 0.717) is 17.9 Å². The third kappa shape index (κ3) is 2.06. The lowest BCUT2D eigenvalue weighted by Gasteiger charge is -2.21. The van der Waals surface area contributed by atoms with E-state index in [1.165, 1.54) is 15.6 Å². The standard InChI is InChI=1S/C12H17F2N3/c1-8(2)10-5-11-12(13,14)7-16(4)9(3)6-17(11)15-10/h5,8H,3,6-7H2,1-2,4H3. The van der Waals surface area contributed by atoms with Crippen molar-refractivity contribution in [1.29, 1.82) is 0 Å². The molecule has 0 aliphatic carbocycles. The number of allylic oxidation sites excluding steroid dienone is 1. The first-order valence-corrected chi connectivity index (χ1v) is 5.66. The molecular weight excluding hydrogens is 224 g/mol. The van der Waals surface area contributed by atoms with E-state index in [4.69, 9.17) is 0 Å². The molecule has 1 aromatic heterocycles. The molecule has 2 rings (SSSR count). The predicted octanol–water partition coefficient (Wildman–Crippen LogP) is 2.56. The number of rotatable bonds is 1. The van der Waals surface area contributed by atoms with Crippen molar-refractivity contribution in [2.45, 2.75) is 32.2 Å². The lowest BCUT2D eigenvalue weighted by Crippen LogP contribution is -2.29. The highest BCUT2D eigenvalue weighted by Crippen LogP contribution is 2.34. The van der Waals surface area contributed by atoms with E-state index < -0.39 is 5.92 Å². The lowest BCUT2D eigenvalue weighted by atomic mass is 10.1. The molecule has 0 unspecified atom stereocenters. The van der Waals surface area contributed by atoms with E-state index in [2.05, 4.69) is 11.7 Å². The molecular formula is C12H17F2N3. The van der Waals surface area contributed by atoms with Crippen LogP contribution in [0.5, 0.6) is 0 Å². The van der Waals surface area contributed by atoms with Crippen LogP contribution in [-0.4, -0.2) is 28.3 Å². The van der Waals surface area contributed by atoms with Crippen molar-refractivity contribution in [3.63, 3.8) is 0 Å². The summed E-state index contributed by atoms with van der Waals surface area (Å²) in [5.41, 5.74) is 1.35. The maximum absolute atomic E-state index is 14.0. The average molecular weight is 241 g/mol. The summed E-state index contributed by atoms with van der Waals surface area (Å²) in [5.74, 6) is -2.73. The van der Waals surface area contributed by atoms with E-state index >= 15 is 0 Å². The Morgan fingerprint density at radius 3 is 2.71 bits per heavy atom. The highest BCUT2D eigenvalue weighted by molar-refractivity contribution is 5.21. The highest BCUT2D eigenvalue weighted by atomic mass is 19.3. The molecule has 1 aliphatic rings. The average Bonchev–Trinajstić information content (AvgIpc) is 2.58. The van der Waals surface area contributed by atoms with Gasteiger partial charge in [0, 0.05) is 12.7 Å². The summed E-state index contributed by atoms with van der Waals surface area (Å²) in [6.45, 7) is 7.69. The van der Waals surface area contributed by atoms with Gasteiger partial charge in [-0.3, -0.25) is 4.68 Å². The molecule has 2 heterocycles. The normalized spacial score (nSPS) is 19.4. The van der Waals surface area contributed by atoms with Gasteiger partial charge < -0.3 is 4.90 Å². The van der Waals surface area contributed by atoms with Crippen molar-refractivity contribution in [3.05, 3.63) is 29.7 Å². The van der Waals surface area contributed by atoms with Gasteiger partial charge in [-0.05, 0) is 12.0 Å². The largest absolute Gasteiger partial charge is 0.370 e. The van der Waals surface area contributed by atoms with E-state index in [-0.39, 0.29) is 18.2 Å². The Morgan fingerprint density at radius 1 is 1.47 bits per heavy atom. The van der Waals surface area contributed by atoms with Gasteiger partial charge in [-0.1, -0.05) is 20.4 Å². The molecule has 0 radical (unpaired) electrons. The van der Waals surface area contributed by atoms with Gasteiger partial charge in [0.15, 0.2) is 0 Å². The molecule has 0 saturated carbocycles. The Hall–Kier alpha value is -1.39. The first-order valence-electron chi connectivity index (χ1n) is 5.66. The SMILES string of the molecule is C=C1Cn2nc(C(C)C)cc2C(F)(F)CN1C. The molecule has 0 amide bonds. The summed E-state index contributed by atoms with van der Waals surface area (Å²) in [7, 11) is 1.63. The van der Waals surface area contributed by atoms with E-state index in [1.807, 2.05) is 13.8 Å². The van der Waals surface area contributed by atoms with Gasteiger partial charge in [-0.15, -0.1) is 0 Å². The maximum atomic E-state index is 14.0. The third-order valence-electron chi connectivity index (χ3n) is 3.07. The van der Waals surface area contributed by atoms with Crippen LogP contribution in [0.3, 0.4) is 0 Å². The van der Waals surface area contributed by atoms with Crippen LogP contribution in [0.25, 0.3) is 0 Å². The fraction of sp³-hybridized carbons (Fsp3) is 0.583. The zero-order chi connectivity index (χ0) is 12.8. The van der Waals surface area contributed by atoms with Crippen molar-refractivity contribution in [1.82, 2.24) is 14.7 Å². The van der Waals surface area contributed by atoms with E-state index in [9.17, 15) is 8.78 Å². The van der Waals surface area contributed by atoms with Gasteiger partial charge in [0.05, 0.1) is 18.8 Å². The van der Waals surface area contributed by atoms with Crippen LogP contribution in [0.4, 0.5) is 8.78 Å². The fourth-order valence-corrected chi connectivity index (χ4v) is 1.92. The number of halogens is 2. The van der Waals surface area contributed by atoms with Crippen LogP contribution in [0.1, 0.15) is 31.2 Å². The van der Waals surface area contributed by atoms with Crippen LogP contribution in [-0.2, 0) is 12.5 Å². The molecule has 5 heteroatoms. The second-order valence-electron chi connectivity index (χ2n) is 4.89. The molecule has 3 nitrogen and oxygen atoms in total. The number of fused-ring (bicyclic) bond motifs is 1. The summed E-state index contributed by atoms with van der Waals surface area (Å²) >= 11 is 0. The number of aromatic nitrogens is 2. The van der Waals surface area contributed by atoms with Crippen LogP contribution < -0.4 is 0 Å². The monoisotopic (exact) mass is 241 g/mol. The van der Waals surface area contributed by atoms with Gasteiger partial charge in [0.25, 0.3) is 0 Å². The Kier molecular flexibility index (Phi) is 2.72. The van der Waals surface area contributed by atoms with Crippen molar-refractivity contribution >= 4 is 0 Å². The fourth-order valence-electron chi connectivity index (χ4n) is 1.92. The number of hydrogen-bond acceptors (Lipinski definition) is 2. The van der Waals surface area contributed by atoms with Crippen LogP contribution >= 0.6 is 0 Å². The second kappa shape index (κ2) is 3.82. The Morgan fingerprint density at radius 2 is 2.12 bits per heavy atom. The van der Waals surface area contributed by atoms with Gasteiger partial charge in [0.1, 0.15) is 5.69 Å². The lowest BCUT2D eigenvalue weighted by molar-refractivity contribution is -0.0272. The minimum atomic E-state index is -2.88. The van der Waals surface area contributed by atoms with Crippen molar-refractivity contribution in [3.8, 4) is 0 Å². The second-order valence-corrected chi connectivity index (χ2v) is 4.89. The third-order valence-corrected chi connectivity index (χ3v) is 3.07. The van der Waals surface area contributed by atoms with Crippen LogP contribution in [0, 0.1) is 0 Å². The van der Waals surface area contributed by atoms with Crippen LogP contribution in [0.15, 0.2) is 18.3 Å². The van der Waals surface area contributed by atoms with Gasteiger partial charge in [0.2, 0.25) is 0 Å². The Balaban J connectivity index is 2.48. The van der Waals surface area contributed by atoms with Gasteiger partial charge >= 0.3 is 5.92 Å². The number of alkyl halides is 2. The molecule has 1 aromatic rings. The molecule has 0 fully saturated rings. The summed E-state index contributed by atoms with van der Waals surface area (Å²) in [5, 5.41) is 4.24. The van der Waals surface area contributed by atoms with Gasteiger partial charge in [-0.25, -0.2) is 0 Å². The minimum absolute atomic E-state index is 0.00769. The molecule has 17 heavy (non-hydrogen) atoms. The van der Waals surface area contributed by atoms with E-state index in [1.54, 1.807) is 7.05 Å². The number of likely N-dealkylation sites (N-methyl/N-ethyl adjacent to an activating group) is 1. The van der Waals surface area contributed by atoms with Crippen LogP contribution in [0.2, 0.25) is 0 Å². The Bertz CT molecular complexity index is 449. The zero-order valence-electron chi connectivity index (χ0n) is 10.4. The first kappa shape index (κ1) is 12.1. The molecule has 0 saturated heterocycles. The minimum Gasteiger partial charge on any atom is -0.370 e. The molecule has 0 atom stereocenters. The molecule has 1 aliphatic heterocycles. The predicted molar refractivity (Wildman–Crippen MR) is 62.0 cm³/mol. The number of hydrogen-bond donors (Lipinski definition) is 0. The topological polar surface area (TPSA) is 21.1 Å². The smallest absolute Gasteiger partial charge is 0.306 e. The molecule has 0 bridgehead atoms. The summed E-state index contributed by atoms with van der Waals surface area (Å²) in [6.07, 6.45) is 0. The maximum Gasteiger partial charge on any atom is 0.306 e. The summed E-state index contributed by atoms with van der Waals surface area (Å²) in [4.78, 5) is 1.49. The molecule has 0 spiro atoms. The van der Waals surface area contributed by atoms with Crippen molar-refractivity contribution < 1.29 is 8.78 Å². The van der Waals surface area contributed by atoms with Crippen molar-refractivity contribution in [2.24, 2.45) is 0 Å². The molecule has 0 aromatic carbocycles. The van der Waals surface area contributed by atoms with Gasteiger partial charge in [-0.2, -0.15) is 13.9 Å². The summed E-state index contributed by atoms with van der Waals surface area (Å²) < 4.78 is 29.4. The summed E-state index contributed by atoms with van der Waals surface area (Å²) in [6, 6.07) is 1.51. The molecule has 0 N–H and O–H groups in total.